The van der Waals surface area contributed by atoms with Crippen LogP contribution in [-0.4, -0.2) is 13.0 Å². The first-order valence-corrected chi connectivity index (χ1v) is 10.1. The highest BCUT2D eigenvalue weighted by Gasteiger charge is 2.32. The minimum absolute atomic E-state index is 0.238. The van der Waals surface area contributed by atoms with Crippen LogP contribution in [0, 0.1) is 29.6 Å². The van der Waals surface area contributed by atoms with Crippen LogP contribution in [0.4, 0.5) is 5.00 Å². The molecule has 1 aliphatic rings. The third-order valence-corrected chi connectivity index (χ3v) is 6.66. The summed E-state index contributed by atoms with van der Waals surface area (Å²) in [5.41, 5.74) is 3.38. The molecule has 1 aromatic heterocycles. The summed E-state index contributed by atoms with van der Waals surface area (Å²) in [6.07, 6.45) is 2.96. The van der Waals surface area contributed by atoms with Gasteiger partial charge in [0.15, 0.2) is 0 Å². The molecule has 1 amide bonds. The molecular formula is C22H26N2O2S. The second-order valence-corrected chi connectivity index (χ2v) is 9.34. The molecule has 0 aliphatic heterocycles. The Morgan fingerprint density at radius 3 is 2.74 bits per heavy atom. The van der Waals surface area contributed by atoms with Gasteiger partial charge in [-0.2, -0.15) is 5.26 Å². The number of nitrogens with one attached hydrogen (secondary N) is 1. The molecule has 3 rings (SSSR count). The molecule has 1 aromatic carbocycles. The molecule has 1 heterocycles. The van der Waals surface area contributed by atoms with E-state index in [4.69, 9.17) is 4.74 Å². The van der Waals surface area contributed by atoms with E-state index in [9.17, 15) is 10.1 Å². The van der Waals surface area contributed by atoms with E-state index in [-0.39, 0.29) is 11.3 Å². The topological polar surface area (TPSA) is 62.1 Å². The van der Waals surface area contributed by atoms with Crippen LogP contribution in [0.3, 0.4) is 0 Å². The van der Waals surface area contributed by atoms with Crippen molar-refractivity contribution in [3.05, 3.63) is 45.3 Å². The molecule has 0 unspecified atom stereocenters. The third kappa shape index (κ3) is 3.72. The fourth-order valence-electron chi connectivity index (χ4n) is 3.80. The highest BCUT2D eigenvalue weighted by molar-refractivity contribution is 7.16. The van der Waals surface area contributed by atoms with E-state index in [1.165, 1.54) is 4.88 Å². The zero-order valence-corrected chi connectivity index (χ0v) is 17.4. The number of fused-ring (bicyclic) bond motifs is 1. The summed E-state index contributed by atoms with van der Waals surface area (Å²) in [4.78, 5) is 14.1. The van der Waals surface area contributed by atoms with Crippen molar-refractivity contribution in [3.63, 3.8) is 0 Å². The van der Waals surface area contributed by atoms with Gasteiger partial charge >= 0.3 is 0 Å². The van der Waals surface area contributed by atoms with Crippen molar-refractivity contribution in [2.75, 3.05) is 12.4 Å². The SMILES string of the molecule is COc1c(C)cccc1C(=O)Nc1sc2c(c1C#N)CC[C@H](C(C)(C)C)C2. The lowest BCUT2D eigenvalue weighted by atomic mass is 9.72. The van der Waals surface area contributed by atoms with Crippen molar-refractivity contribution < 1.29 is 9.53 Å². The van der Waals surface area contributed by atoms with Crippen LogP contribution in [0.2, 0.25) is 0 Å². The van der Waals surface area contributed by atoms with Crippen molar-refractivity contribution in [1.82, 2.24) is 0 Å². The van der Waals surface area contributed by atoms with E-state index in [0.29, 0.717) is 27.8 Å². The Bertz CT molecular complexity index is 916. The summed E-state index contributed by atoms with van der Waals surface area (Å²) in [7, 11) is 1.57. The summed E-state index contributed by atoms with van der Waals surface area (Å²) < 4.78 is 5.40. The summed E-state index contributed by atoms with van der Waals surface area (Å²) >= 11 is 1.55. The van der Waals surface area contributed by atoms with Gasteiger partial charge in [-0.05, 0) is 54.7 Å². The zero-order valence-electron chi connectivity index (χ0n) is 16.6. The first-order chi connectivity index (χ1) is 12.8. The van der Waals surface area contributed by atoms with Crippen LogP contribution in [0.15, 0.2) is 18.2 Å². The van der Waals surface area contributed by atoms with Crippen LogP contribution in [0.25, 0.3) is 0 Å². The van der Waals surface area contributed by atoms with Crippen molar-refractivity contribution in [1.29, 1.82) is 5.26 Å². The summed E-state index contributed by atoms with van der Waals surface area (Å²) in [5, 5.41) is 13.3. The number of ether oxygens (including phenoxy) is 1. The average molecular weight is 383 g/mol. The number of methoxy groups -OCH3 is 1. The molecule has 0 radical (unpaired) electrons. The Labute approximate surface area is 165 Å². The number of rotatable bonds is 3. The number of anilines is 1. The maximum absolute atomic E-state index is 12.9. The van der Waals surface area contributed by atoms with Crippen molar-refractivity contribution >= 4 is 22.2 Å². The van der Waals surface area contributed by atoms with Crippen LogP contribution in [0.1, 0.15) is 59.1 Å². The predicted octanol–water partition coefficient (Wildman–Crippen LogP) is 5.34. The van der Waals surface area contributed by atoms with Gasteiger partial charge in [0.2, 0.25) is 0 Å². The number of carbonyl (C=O) groups is 1. The zero-order chi connectivity index (χ0) is 19.8. The highest BCUT2D eigenvalue weighted by Crippen LogP contribution is 2.44. The number of benzene rings is 1. The number of aryl methyl sites for hydroxylation is 1. The molecule has 142 valence electrons. The molecule has 0 fully saturated rings. The number of amides is 1. The van der Waals surface area contributed by atoms with E-state index < -0.39 is 0 Å². The van der Waals surface area contributed by atoms with E-state index in [1.54, 1.807) is 24.5 Å². The van der Waals surface area contributed by atoms with E-state index >= 15 is 0 Å². The number of para-hydroxylation sites is 1. The summed E-state index contributed by atoms with van der Waals surface area (Å²) in [6, 6.07) is 7.81. The first kappa shape index (κ1) is 19.4. The van der Waals surface area contributed by atoms with E-state index in [1.807, 2.05) is 19.1 Å². The second-order valence-electron chi connectivity index (χ2n) is 8.24. The number of thiophene rings is 1. The molecule has 4 nitrogen and oxygen atoms in total. The standard InChI is InChI=1S/C22H26N2O2S/c1-13-7-6-8-16(19(13)26-5)20(25)24-21-17(12-23)15-10-9-14(22(2,3)4)11-18(15)27-21/h6-8,14H,9-11H2,1-5H3,(H,24,25)/t14-/m0/s1. The molecule has 0 saturated carbocycles. The number of hydrogen-bond acceptors (Lipinski definition) is 4. The van der Waals surface area contributed by atoms with Crippen molar-refractivity contribution in [2.24, 2.45) is 11.3 Å². The monoisotopic (exact) mass is 382 g/mol. The van der Waals surface area contributed by atoms with Gasteiger partial charge in [-0.1, -0.05) is 32.9 Å². The van der Waals surface area contributed by atoms with E-state index in [0.717, 1.165) is 30.4 Å². The lowest BCUT2D eigenvalue weighted by Gasteiger charge is -2.33. The fourth-order valence-corrected chi connectivity index (χ4v) is 5.08. The average Bonchev–Trinajstić information content (AvgIpc) is 2.96. The number of nitrogens with zero attached hydrogens (tertiary/aromatic N) is 1. The maximum atomic E-state index is 12.9. The number of nitriles is 1. The largest absolute Gasteiger partial charge is 0.496 e. The smallest absolute Gasteiger partial charge is 0.260 e. The van der Waals surface area contributed by atoms with Gasteiger partial charge in [0.1, 0.15) is 16.8 Å². The Morgan fingerprint density at radius 1 is 1.37 bits per heavy atom. The molecule has 0 spiro atoms. The minimum atomic E-state index is -0.238. The third-order valence-electron chi connectivity index (χ3n) is 5.49. The van der Waals surface area contributed by atoms with Crippen LogP contribution < -0.4 is 10.1 Å². The Kier molecular flexibility index (Phi) is 5.30. The molecule has 1 atom stereocenters. The molecular weight excluding hydrogens is 356 g/mol. The quantitative estimate of drug-likeness (QED) is 0.779. The van der Waals surface area contributed by atoms with Gasteiger partial charge in [-0.25, -0.2) is 0 Å². The second kappa shape index (κ2) is 7.36. The van der Waals surface area contributed by atoms with E-state index in [2.05, 4.69) is 32.2 Å². The Hall–Kier alpha value is -2.32. The predicted molar refractivity (Wildman–Crippen MR) is 110 cm³/mol. The Morgan fingerprint density at radius 2 is 2.11 bits per heavy atom. The molecule has 27 heavy (non-hydrogen) atoms. The van der Waals surface area contributed by atoms with Crippen LogP contribution in [0.5, 0.6) is 5.75 Å². The highest BCUT2D eigenvalue weighted by atomic mass is 32.1. The van der Waals surface area contributed by atoms with Gasteiger partial charge < -0.3 is 10.1 Å². The number of hydrogen-bond donors (Lipinski definition) is 1. The maximum Gasteiger partial charge on any atom is 0.260 e. The van der Waals surface area contributed by atoms with Crippen LogP contribution in [-0.2, 0) is 12.8 Å². The molecule has 0 bridgehead atoms. The molecule has 1 aliphatic carbocycles. The lowest BCUT2D eigenvalue weighted by molar-refractivity contribution is 0.102. The fraction of sp³-hybridized carbons (Fsp3) is 0.455. The van der Waals surface area contributed by atoms with Crippen molar-refractivity contribution in [2.45, 2.75) is 47.0 Å². The van der Waals surface area contributed by atoms with Gasteiger partial charge in [-0.15, -0.1) is 11.3 Å². The van der Waals surface area contributed by atoms with Crippen molar-refractivity contribution in [3.8, 4) is 11.8 Å². The van der Waals surface area contributed by atoms with Gasteiger partial charge in [0, 0.05) is 4.88 Å². The Balaban J connectivity index is 1.91. The first-order valence-electron chi connectivity index (χ1n) is 9.25. The molecule has 5 heteroatoms. The molecule has 0 saturated heterocycles. The van der Waals surface area contributed by atoms with Gasteiger partial charge in [0.25, 0.3) is 5.91 Å². The van der Waals surface area contributed by atoms with Gasteiger partial charge in [0.05, 0.1) is 18.2 Å². The normalized spacial score (nSPS) is 16.4. The van der Waals surface area contributed by atoms with Crippen LogP contribution >= 0.6 is 11.3 Å². The molecule has 2 aromatic rings. The van der Waals surface area contributed by atoms with Gasteiger partial charge in [-0.3, -0.25) is 4.79 Å². The summed E-state index contributed by atoms with van der Waals surface area (Å²) in [5.74, 6) is 0.927. The minimum Gasteiger partial charge on any atom is -0.496 e. The lowest BCUT2D eigenvalue weighted by Crippen LogP contribution is -2.26. The number of carbonyl (C=O) groups excluding carboxylic acids is 1. The summed E-state index contributed by atoms with van der Waals surface area (Å²) in [6.45, 7) is 8.73. The molecule has 1 N–H and O–H groups in total.